The van der Waals surface area contributed by atoms with E-state index in [9.17, 15) is 0 Å². The molecule has 3 nitrogen and oxygen atoms in total. The summed E-state index contributed by atoms with van der Waals surface area (Å²) in [7, 11) is 0. The monoisotopic (exact) mass is 248 g/mol. The lowest BCUT2D eigenvalue weighted by molar-refractivity contribution is 0.0710. The molecule has 2 saturated carbocycles. The number of nitrogens with zero attached hydrogens (tertiary/aromatic N) is 1. The Hall–Kier alpha value is -0.800. The molecule has 1 aromatic heterocycles. The normalized spacial score (nSPS) is 23.3. The molecule has 0 saturated heterocycles. The SMILES string of the molecule is CC(CN)(CC1CC1)N(Cc1ccco1)C1CC1. The zero-order valence-corrected chi connectivity index (χ0v) is 11.3. The van der Waals surface area contributed by atoms with Gasteiger partial charge in [-0.05, 0) is 44.2 Å². The average molecular weight is 248 g/mol. The molecule has 0 radical (unpaired) electrons. The Bertz CT molecular complexity index is 381. The van der Waals surface area contributed by atoms with Crippen molar-refractivity contribution in [2.45, 2.75) is 57.2 Å². The van der Waals surface area contributed by atoms with Gasteiger partial charge in [0.05, 0.1) is 12.8 Å². The minimum atomic E-state index is 0.148. The molecule has 0 bridgehead atoms. The first kappa shape index (κ1) is 12.2. The fourth-order valence-corrected chi connectivity index (χ4v) is 2.98. The Morgan fingerprint density at radius 1 is 1.39 bits per heavy atom. The minimum Gasteiger partial charge on any atom is -0.468 e. The summed E-state index contributed by atoms with van der Waals surface area (Å²) in [6.07, 6.45) is 8.45. The van der Waals surface area contributed by atoms with Crippen LogP contribution in [0.3, 0.4) is 0 Å². The van der Waals surface area contributed by atoms with Gasteiger partial charge in [-0.3, -0.25) is 4.90 Å². The fourth-order valence-electron chi connectivity index (χ4n) is 2.98. The van der Waals surface area contributed by atoms with Crippen LogP contribution >= 0.6 is 0 Å². The first-order valence-electron chi connectivity index (χ1n) is 7.20. The van der Waals surface area contributed by atoms with Crippen LogP contribution in [0, 0.1) is 5.92 Å². The van der Waals surface area contributed by atoms with Gasteiger partial charge in [0.1, 0.15) is 5.76 Å². The van der Waals surface area contributed by atoms with Crippen LogP contribution in [0.1, 0.15) is 44.8 Å². The molecule has 2 aliphatic rings. The van der Waals surface area contributed by atoms with E-state index in [4.69, 9.17) is 10.2 Å². The van der Waals surface area contributed by atoms with E-state index in [1.165, 1.54) is 32.1 Å². The quantitative estimate of drug-likeness (QED) is 0.807. The molecule has 0 aromatic carbocycles. The molecule has 0 spiro atoms. The second-order valence-corrected chi connectivity index (χ2v) is 6.29. The number of hydrogen-bond donors (Lipinski definition) is 1. The predicted molar refractivity (Wildman–Crippen MR) is 72.1 cm³/mol. The summed E-state index contributed by atoms with van der Waals surface area (Å²) in [6.45, 7) is 4.01. The molecule has 2 N–H and O–H groups in total. The van der Waals surface area contributed by atoms with Crippen molar-refractivity contribution in [3.8, 4) is 0 Å². The molecule has 1 unspecified atom stereocenters. The summed E-state index contributed by atoms with van der Waals surface area (Å²) < 4.78 is 5.52. The third kappa shape index (κ3) is 2.62. The van der Waals surface area contributed by atoms with Gasteiger partial charge in [0.25, 0.3) is 0 Å². The zero-order valence-electron chi connectivity index (χ0n) is 11.3. The van der Waals surface area contributed by atoms with Crippen LogP contribution in [0.4, 0.5) is 0 Å². The van der Waals surface area contributed by atoms with Crippen molar-refractivity contribution < 1.29 is 4.42 Å². The smallest absolute Gasteiger partial charge is 0.117 e. The van der Waals surface area contributed by atoms with Crippen LogP contribution in [-0.2, 0) is 6.54 Å². The molecule has 18 heavy (non-hydrogen) atoms. The molecule has 1 aromatic rings. The highest BCUT2D eigenvalue weighted by Gasteiger charge is 2.43. The summed E-state index contributed by atoms with van der Waals surface area (Å²) in [6, 6.07) is 4.77. The highest BCUT2D eigenvalue weighted by atomic mass is 16.3. The fraction of sp³-hybridized carbons (Fsp3) is 0.733. The van der Waals surface area contributed by atoms with E-state index in [2.05, 4.69) is 17.9 Å². The number of furan rings is 1. The Morgan fingerprint density at radius 3 is 2.67 bits per heavy atom. The van der Waals surface area contributed by atoms with Crippen LogP contribution in [0.5, 0.6) is 0 Å². The van der Waals surface area contributed by atoms with Crippen molar-refractivity contribution in [3.05, 3.63) is 24.2 Å². The van der Waals surface area contributed by atoms with Gasteiger partial charge in [-0.2, -0.15) is 0 Å². The van der Waals surface area contributed by atoms with Gasteiger partial charge in [0.15, 0.2) is 0 Å². The van der Waals surface area contributed by atoms with Gasteiger partial charge >= 0.3 is 0 Å². The van der Waals surface area contributed by atoms with Crippen LogP contribution in [-0.4, -0.2) is 23.0 Å². The topological polar surface area (TPSA) is 42.4 Å². The Kier molecular flexibility index (Phi) is 3.20. The molecule has 3 rings (SSSR count). The van der Waals surface area contributed by atoms with E-state index in [1.807, 2.05) is 6.07 Å². The number of nitrogens with two attached hydrogens (primary N) is 1. The minimum absolute atomic E-state index is 0.148. The van der Waals surface area contributed by atoms with Crippen molar-refractivity contribution >= 4 is 0 Å². The summed E-state index contributed by atoms with van der Waals surface area (Å²) in [4.78, 5) is 2.60. The predicted octanol–water partition coefficient (Wildman–Crippen LogP) is 2.76. The average Bonchev–Trinajstić information content (AvgIpc) is 3.29. The first-order chi connectivity index (χ1) is 8.71. The lowest BCUT2D eigenvalue weighted by Gasteiger charge is -2.41. The lowest BCUT2D eigenvalue weighted by Crippen LogP contribution is -2.52. The van der Waals surface area contributed by atoms with Gasteiger partial charge < -0.3 is 10.2 Å². The maximum absolute atomic E-state index is 6.11. The molecule has 1 heterocycles. The second-order valence-electron chi connectivity index (χ2n) is 6.29. The maximum atomic E-state index is 6.11. The molecular weight excluding hydrogens is 224 g/mol. The van der Waals surface area contributed by atoms with E-state index < -0.39 is 0 Å². The van der Waals surface area contributed by atoms with Crippen LogP contribution in [0.15, 0.2) is 22.8 Å². The molecule has 2 fully saturated rings. The van der Waals surface area contributed by atoms with E-state index in [0.717, 1.165) is 30.8 Å². The van der Waals surface area contributed by atoms with Crippen LogP contribution in [0.2, 0.25) is 0 Å². The van der Waals surface area contributed by atoms with Gasteiger partial charge in [-0.1, -0.05) is 12.8 Å². The van der Waals surface area contributed by atoms with Crippen molar-refractivity contribution in [2.75, 3.05) is 6.54 Å². The van der Waals surface area contributed by atoms with Crippen molar-refractivity contribution in [1.82, 2.24) is 4.90 Å². The Balaban J connectivity index is 1.73. The maximum Gasteiger partial charge on any atom is 0.117 e. The highest BCUT2D eigenvalue weighted by Crippen LogP contribution is 2.42. The Labute approximate surface area is 109 Å². The molecule has 1 atom stereocenters. The van der Waals surface area contributed by atoms with Crippen molar-refractivity contribution in [3.63, 3.8) is 0 Å². The molecule has 3 heteroatoms. The Morgan fingerprint density at radius 2 is 2.17 bits per heavy atom. The molecule has 100 valence electrons. The van der Waals surface area contributed by atoms with Crippen LogP contribution < -0.4 is 5.73 Å². The highest BCUT2D eigenvalue weighted by molar-refractivity contribution is 5.05. The molecule has 2 aliphatic carbocycles. The zero-order chi connectivity index (χ0) is 12.6. The molecule has 0 amide bonds. The summed E-state index contributed by atoms with van der Waals surface area (Å²) >= 11 is 0. The van der Waals surface area contributed by atoms with E-state index in [0.29, 0.717) is 0 Å². The van der Waals surface area contributed by atoms with Gasteiger partial charge in [0.2, 0.25) is 0 Å². The van der Waals surface area contributed by atoms with E-state index in [1.54, 1.807) is 6.26 Å². The number of hydrogen-bond acceptors (Lipinski definition) is 3. The lowest BCUT2D eigenvalue weighted by atomic mass is 9.92. The summed E-state index contributed by atoms with van der Waals surface area (Å²) in [5.74, 6) is 1.98. The summed E-state index contributed by atoms with van der Waals surface area (Å²) in [5.41, 5.74) is 6.25. The molecule has 0 aliphatic heterocycles. The van der Waals surface area contributed by atoms with Crippen molar-refractivity contribution in [2.24, 2.45) is 11.7 Å². The third-order valence-corrected chi connectivity index (χ3v) is 4.45. The first-order valence-corrected chi connectivity index (χ1v) is 7.20. The summed E-state index contributed by atoms with van der Waals surface area (Å²) in [5, 5.41) is 0. The van der Waals surface area contributed by atoms with Crippen LogP contribution in [0.25, 0.3) is 0 Å². The largest absolute Gasteiger partial charge is 0.468 e. The number of rotatable bonds is 7. The van der Waals surface area contributed by atoms with Crippen molar-refractivity contribution in [1.29, 1.82) is 0 Å². The van der Waals surface area contributed by atoms with Gasteiger partial charge in [0, 0.05) is 18.1 Å². The van der Waals surface area contributed by atoms with E-state index in [-0.39, 0.29) is 5.54 Å². The second kappa shape index (κ2) is 4.71. The van der Waals surface area contributed by atoms with Gasteiger partial charge in [-0.15, -0.1) is 0 Å². The standard InChI is InChI=1S/C15H24N2O/c1-15(11-16,9-12-4-5-12)17(13-6-7-13)10-14-3-2-8-18-14/h2-3,8,12-13H,4-7,9-11,16H2,1H3. The van der Waals surface area contributed by atoms with E-state index >= 15 is 0 Å². The molecular formula is C15H24N2O. The van der Waals surface area contributed by atoms with Gasteiger partial charge in [-0.25, -0.2) is 0 Å². The third-order valence-electron chi connectivity index (χ3n) is 4.45.